The summed E-state index contributed by atoms with van der Waals surface area (Å²) in [5, 5.41) is 0. The van der Waals surface area contributed by atoms with Crippen LogP contribution in [0.3, 0.4) is 0 Å². The van der Waals surface area contributed by atoms with E-state index in [-0.39, 0.29) is 28.8 Å². The molecular formula is C15H18O3. The number of rotatable bonds is 0. The topological polar surface area (TPSA) is 43.4 Å². The normalized spacial score (nSPS) is 44.2. The Labute approximate surface area is 107 Å². The van der Waals surface area contributed by atoms with Crippen LogP contribution in [0.15, 0.2) is 11.6 Å². The standard InChI is InChI=1S/C15H18O3/c1-14-6-5-10-11(16)4-2-3-9(13(17)18-14)12(14)15(10)7-8-15/h5,9,12H,2-4,6-8H2,1H3/t9-,12-,14+/m0/s1. The van der Waals surface area contributed by atoms with E-state index in [0.29, 0.717) is 12.2 Å². The van der Waals surface area contributed by atoms with Crippen LogP contribution in [0, 0.1) is 17.3 Å². The molecule has 18 heavy (non-hydrogen) atoms. The second kappa shape index (κ2) is 3.06. The van der Waals surface area contributed by atoms with Gasteiger partial charge in [0.1, 0.15) is 5.60 Å². The Morgan fingerprint density at radius 2 is 2.11 bits per heavy atom. The van der Waals surface area contributed by atoms with Crippen molar-refractivity contribution in [1.82, 2.24) is 0 Å². The molecule has 3 heteroatoms. The maximum atomic E-state index is 12.3. The van der Waals surface area contributed by atoms with Gasteiger partial charge in [-0.1, -0.05) is 6.08 Å². The Bertz CT molecular complexity index is 486. The van der Waals surface area contributed by atoms with Crippen LogP contribution in [0.25, 0.3) is 0 Å². The lowest BCUT2D eigenvalue weighted by molar-refractivity contribution is -0.150. The number of ether oxygens (including phenoxy) is 1. The molecule has 0 amide bonds. The fourth-order valence-corrected chi connectivity index (χ4v) is 4.75. The molecule has 0 N–H and O–H groups in total. The van der Waals surface area contributed by atoms with E-state index in [2.05, 4.69) is 13.0 Å². The fourth-order valence-electron chi connectivity index (χ4n) is 4.75. The highest BCUT2D eigenvalue weighted by Gasteiger charge is 2.68. The van der Waals surface area contributed by atoms with Crippen molar-refractivity contribution >= 4 is 11.8 Å². The molecule has 3 nitrogen and oxygen atoms in total. The minimum Gasteiger partial charge on any atom is -0.458 e. The van der Waals surface area contributed by atoms with Gasteiger partial charge in [0.2, 0.25) is 0 Å². The van der Waals surface area contributed by atoms with Crippen LogP contribution in [0.4, 0.5) is 0 Å². The first-order chi connectivity index (χ1) is 8.57. The van der Waals surface area contributed by atoms with Crippen LogP contribution in [0.1, 0.15) is 45.4 Å². The average Bonchev–Trinajstić information content (AvgIpc) is 3.01. The summed E-state index contributed by atoms with van der Waals surface area (Å²) in [5.41, 5.74) is 0.689. The molecule has 0 radical (unpaired) electrons. The fraction of sp³-hybridized carbons (Fsp3) is 0.733. The van der Waals surface area contributed by atoms with Gasteiger partial charge in [-0.3, -0.25) is 9.59 Å². The highest BCUT2D eigenvalue weighted by Crippen LogP contribution is 2.69. The molecule has 2 bridgehead atoms. The molecule has 1 heterocycles. The predicted octanol–water partition coefficient (Wildman–Crippen LogP) is 2.40. The van der Waals surface area contributed by atoms with Gasteiger partial charge in [0.05, 0.1) is 5.92 Å². The third kappa shape index (κ3) is 1.11. The number of Topliss-reactive ketones (excluding diaryl/α,β-unsaturated/α-hetero) is 1. The average molecular weight is 246 g/mol. The lowest BCUT2D eigenvalue weighted by atomic mass is 9.61. The van der Waals surface area contributed by atoms with E-state index in [4.69, 9.17) is 4.74 Å². The molecule has 2 saturated carbocycles. The lowest BCUT2D eigenvalue weighted by Crippen LogP contribution is -2.45. The molecule has 0 aromatic heterocycles. The minimum atomic E-state index is -0.348. The monoisotopic (exact) mass is 246 g/mol. The lowest BCUT2D eigenvalue weighted by Gasteiger charge is -2.42. The summed E-state index contributed by atoms with van der Waals surface area (Å²) in [6, 6.07) is 0. The number of carbonyl (C=O) groups is 2. The van der Waals surface area contributed by atoms with Crippen molar-refractivity contribution in [2.45, 2.75) is 51.0 Å². The van der Waals surface area contributed by atoms with Gasteiger partial charge >= 0.3 is 5.97 Å². The van der Waals surface area contributed by atoms with Gasteiger partial charge in [-0.25, -0.2) is 0 Å². The number of hydrogen-bond acceptors (Lipinski definition) is 3. The van der Waals surface area contributed by atoms with Crippen molar-refractivity contribution < 1.29 is 14.3 Å². The maximum absolute atomic E-state index is 12.3. The molecule has 0 aromatic carbocycles. The van der Waals surface area contributed by atoms with Gasteiger partial charge in [-0.05, 0) is 38.2 Å². The predicted molar refractivity (Wildman–Crippen MR) is 64.7 cm³/mol. The molecule has 4 aliphatic rings. The van der Waals surface area contributed by atoms with Gasteiger partial charge in [0.15, 0.2) is 5.78 Å². The van der Waals surface area contributed by atoms with Crippen LogP contribution in [-0.2, 0) is 14.3 Å². The highest BCUT2D eigenvalue weighted by atomic mass is 16.6. The van der Waals surface area contributed by atoms with Gasteiger partial charge in [-0.2, -0.15) is 0 Å². The first-order valence-electron chi connectivity index (χ1n) is 7.04. The number of carbonyl (C=O) groups excluding carboxylic acids is 2. The number of ketones is 1. The molecule has 0 unspecified atom stereocenters. The Balaban J connectivity index is 1.90. The molecular weight excluding hydrogens is 228 g/mol. The molecule has 1 spiro atoms. The third-order valence-corrected chi connectivity index (χ3v) is 5.55. The van der Waals surface area contributed by atoms with Gasteiger partial charge in [-0.15, -0.1) is 0 Å². The van der Waals surface area contributed by atoms with E-state index < -0.39 is 0 Å². The van der Waals surface area contributed by atoms with Crippen LogP contribution in [0.5, 0.6) is 0 Å². The highest BCUT2D eigenvalue weighted by molar-refractivity contribution is 5.98. The molecule has 3 fully saturated rings. The maximum Gasteiger partial charge on any atom is 0.309 e. The Morgan fingerprint density at radius 3 is 2.83 bits per heavy atom. The first-order valence-corrected chi connectivity index (χ1v) is 7.04. The molecule has 1 saturated heterocycles. The summed E-state index contributed by atoms with van der Waals surface area (Å²) in [7, 11) is 0. The number of esters is 1. The molecule has 1 aliphatic heterocycles. The molecule has 96 valence electrons. The van der Waals surface area contributed by atoms with Crippen molar-refractivity contribution in [3.05, 3.63) is 11.6 Å². The van der Waals surface area contributed by atoms with E-state index >= 15 is 0 Å². The van der Waals surface area contributed by atoms with E-state index in [9.17, 15) is 9.59 Å². The number of allylic oxidation sites excluding steroid dienone is 1. The Kier molecular flexibility index (Phi) is 1.83. The van der Waals surface area contributed by atoms with E-state index in [1.807, 2.05) is 0 Å². The second-order valence-corrected chi connectivity index (χ2v) is 6.61. The number of hydrogen-bond donors (Lipinski definition) is 0. The van der Waals surface area contributed by atoms with Crippen LogP contribution >= 0.6 is 0 Å². The molecule has 0 aromatic rings. The zero-order valence-electron chi connectivity index (χ0n) is 10.7. The van der Waals surface area contributed by atoms with Crippen LogP contribution in [-0.4, -0.2) is 17.4 Å². The summed E-state index contributed by atoms with van der Waals surface area (Å²) in [4.78, 5) is 24.4. The van der Waals surface area contributed by atoms with Gasteiger partial charge in [0.25, 0.3) is 0 Å². The Morgan fingerprint density at radius 1 is 1.33 bits per heavy atom. The van der Waals surface area contributed by atoms with Crippen molar-refractivity contribution in [3.8, 4) is 0 Å². The quantitative estimate of drug-likeness (QED) is 0.616. The van der Waals surface area contributed by atoms with Crippen LogP contribution < -0.4 is 0 Å². The largest absolute Gasteiger partial charge is 0.458 e. The van der Waals surface area contributed by atoms with Crippen molar-refractivity contribution in [1.29, 1.82) is 0 Å². The third-order valence-electron chi connectivity index (χ3n) is 5.55. The van der Waals surface area contributed by atoms with Crippen LogP contribution in [0.2, 0.25) is 0 Å². The second-order valence-electron chi connectivity index (χ2n) is 6.61. The summed E-state index contributed by atoms with van der Waals surface area (Å²) < 4.78 is 5.71. The van der Waals surface area contributed by atoms with Crippen molar-refractivity contribution in [2.75, 3.05) is 0 Å². The van der Waals surface area contributed by atoms with E-state index in [1.165, 1.54) is 0 Å². The molecule has 3 atom stereocenters. The summed E-state index contributed by atoms with van der Waals surface area (Å²) in [6.45, 7) is 2.06. The molecule has 4 rings (SSSR count). The van der Waals surface area contributed by atoms with E-state index in [0.717, 1.165) is 37.7 Å². The summed E-state index contributed by atoms with van der Waals surface area (Å²) in [5.74, 6) is 0.598. The van der Waals surface area contributed by atoms with Crippen molar-refractivity contribution in [2.24, 2.45) is 17.3 Å². The SMILES string of the molecule is C[C@]12CC=C3C(=O)CCC[C@H](C(=O)O1)[C@@H]2C31CC1. The van der Waals surface area contributed by atoms with Gasteiger partial charge in [0, 0.05) is 24.2 Å². The zero-order chi connectivity index (χ0) is 12.5. The first kappa shape index (κ1) is 10.8. The zero-order valence-corrected chi connectivity index (χ0v) is 10.7. The van der Waals surface area contributed by atoms with Crippen molar-refractivity contribution in [3.63, 3.8) is 0 Å². The van der Waals surface area contributed by atoms with E-state index in [1.54, 1.807) is 0 Å². The minimum absolute atomic E-state index is 0.00132. The molecule has 3 aliphatic carbocycles. The van der Waals surface area contributed by atoms with Gasteiger partial charge < -0.3 is 4.74 Å². The smallest absolute Gasteiger partial charge is 0.309 e. The Hall–Kier alpha value is -1.12. The summed E-state index contributed by atoms with van der Waals surface area (Å²) >= 11 is 0. The summed E-state index contributed by atoms with van der Waals surface area (Å²) in [6.07, 6.45) is 7.21.